The molecule has 0 unspecified atom stereocenters. The fourth-order valence-electron chi connectivity index (χ4n) is 1.55. The van der Waals surface area contributed by atoms with E-state index in [0.29, 0.717) is 11.6 Å². The standard InChI is InChI=1S/C10H11ClN2O/c1-13-9-3-2-7(4-5-14)6-8(9)10(11)12-13/h2-3,6,14H,4-5H2,1H3. The molecule has 0 bridgehead atoms. The maximum Gasteiger partial charge on any atom is 0.158 e. The zero-order valence-electron chi connectivity index (χ0n) is 7.87. The molecule has 2 aromatic rings. The summed E-state index contributed by atoms with van der Waals surface area (Å²) in [6.45, 7) is 0.156. The van der Waals surface area contributed by atoms with Gasteiger partial charge in [-0.25, -0.2) is 0 Å². The number of aryl methyl sites for hydroxylation is 1. The maximum atomic E-state index is 8.81. The molecule has 1 aromatic heterocycles. The van der Waals surface area contributed by atoms with Crippen LogP contribution in [0.5, 0.6) is 0 Å². The zero-order valence-corrected chi connectivity index (χ0v) is 8.62. The minimum Gasteiger partial charge on any atom is -0.396 e. The van der Waals surface area contributed by atoms with Gasteiger partial charge in [0.05, 0.1) is 5.52 Å². The first kappa shape index (κ1) is 9.49. The van der Waals surface area contributed by atoms with Gasteiger partial charge in [-0.3, -0.25) is 4.68 Å². The van der Waals surface area contributed by atoms with Gasteiger partial charge in [-0.05, 0) is 24.1 Å². The van der Waals surface area contributed by atoms with Gasteiger partial charge in [-0.2, -0.15) is 5.10 Å². The predicted octanol–water partition coefficient (Wildman–Crippen LogP) is 1.76. The molecular weight excluding hydrogens is 200 g/mol. The SMILES string of the molecule is Cn1nc(Cl)c2cc(CCO)ccc21. The fourth-order valence-corrected chi connectivity index (χ4v) is 1.82. The molecule has 14 heavy (non-hydrogen) atoms. The topological polar surface area (TPSA) is 38.0 Å². The molecule has 0 aliphatic heterocycles. The Labute approximate surface area is 86.9 Å². The van der Waals surface area contributed by atoms with Crippen molar-refractivity contribution in [3.8, 4) is 0 Å². The second-order valence-corrected chi connectivity index (χ2v) is 3.60. The Morgan fingerprint density at radius 1 is 1.50 bits per heavy atom. The average molecular weight is 211 g/mol. The molecule has 1 heterocycles. The van der Waals surface area contributed by atoms with Gasteiger partial charge in [0.1, 0.15) is 0 Å². The van der Waals surface area contributed by atoms with Crippen molar-refractivity contribution in [2.24, 2.45) is 7.05 Å². The highest BCUT2D eigenvalue weighted by Crippen LogP contribution is 2.23. The molecule has 0 aliphatic carbocycles. The van der Waals surface area contributed by atoms with Crippen LogP contribution in [0.4, 0.5) is 0 Å². The monoisotopic (exact) mass is 210 g/mol. The summed E-state index contributed by atoms with van der Waals surface area (Å²) in [5, 5.41) is 14.4. The van der Waals surface area contributed by atoms with Gasteiger partial charge in [0.2, 0.25) is 0 Å². The van der Waals surface area contributed by atoms with Crippen LogP contribution in [0.15, 0.2) is 18.2 Å². The van der Waals surface area contributed by atoms with Gasteiger partial charge in [-0.1, -0.05) is 17.7 Å². The minimum atomic E-state index is 0.156. The van der Waals surface area contributed by atoms with Crippen molar-refractivity contribution >= 4 is 22.5 Å². The van der Waals surface area contributed by atoms with Crippen LogP contribution >= 0.6 is 11.6 Å². The van der Waals surface area contributed by atoms with Gasteiger partial charge in [-0.15, -0.1) is 0 Å². The van der Waals surface area contributed by atoms with Crippen LogP contribution < -0.4 is 0 Å². The molecule has 1 N–H and O–H groups in total. The summed E-state index contributed by atoms with van der Waals surface area (Å²) < 4.78 is 1.75. The third kappa shape index (κ3) is 1.49. The highest BCUT2D eigenvalue weighted by molar-refractivity contribution is 6.34. The number of nitrogens with zero attached hydrogens (tertiary/aromatic N) is 2. The Balaban J connectivity index is 2.59. The molecule has 74 valence electrons. The fraction of sp³-hybridized carbons (Fsp3) is 0.300. The minimum absolute atomic E-state index is 0.156. The van der Waals surface area contributed by atoms with E-state index in [9.17, 15) is 0 Å². The van der Waals surface area contributed by atoms with Crippen molar-refractivity contribution in [2.75, 3.05) is 6.61 Å². The van der Waals surface area contributed by atoms with E-state index in [4.69, 9.17) is 16.7 Å². The Bertz CT molecular complexity index is 464. The number of benzene rings is 1. The maximum absolute atomic E-state index is 8.81. The van der Waals surface area contributed by atoms with Gasteiger partial charge >= 0.3 is 0 Å². The van der Waals surface area contributed by atoms with Gasteiger partial charge in [0.25, 0.3) is 0 Å². The van der Waals surface area contributed by atoms with E-state index in [-0.39, 0.29) is 6.61 Å². The summed E-state index contributed by atoms with van der Waals surface area (Å²) in [5.74, 6) is 0. The van der Waals surface area contributed by atoms with Crippen molar-refractivity contribution in [1.82, 2.24) is 9.78 Å². The number of rotatable bonds is 2. The van der Waals surface area contributed by atoms with Crippen LogP contribution in [0.1, 0.15) is 5.56 Å². The Kier molecular flexibility index (Phi) is 2.44. The van der Waals surface area contributed by atoms with Gasteiger partial charge in [0, 0.05) is 19.0 Å². The quantitative estimate of drug-likeness (QED) is 0.821. The van der Waals surface area contributed by atoms with Gasteiger partial charge in [0.15, 0.2) is 5.15 Å². The second-order valence-electron chi connectivity index (χ2n) is 3.24. The summed E-state index contributed by atoms with van der Waals surface area (Å²) in [6.07, 6.45) is 0.654. The lowest BCUT2D eigenvalue weighted by molar-refractivity contribution is 0.299. The van der Waals surface area contributed by atoms with Crippen molar-refractivity contribution in [1.29, 1.82) is 0 Å². The number of hydrogen-bond donors (Lipinski definition) is 1. The number of aliphatic hydroxyl groups excluding tert-OH is 1. The lowest BCUT2D eigenvalue weighted by atomic mass is 10.1. The lowest BCUT2D eigenvalue weighted by Gasteiger charge is -1.98. The Morgan fingerprint density at radius 3 is 3.00 bits per heavy atom. The van der Waals surface area contributed by atoms with Crippen LogP contribution in [0, 0.1) is 0 Å². The molecule has 0 atom stereocenters. The Hall–Kier alpha value is -1.06. The first-order chi connectivity index (χ1) is 6.72. The van der Waals surface area contributed by atoms with Crippen molar-refractivity contribution in [3.05, 3.63) is 28.9 Å². The molecule has 0 aliphatic rings. The summed E-state index contributed by atoms with van der Waals surface area (Å²) in [4.78, 5) is 0. The van der Waals surface area contributed by atoms with E-state index in [2.05, 4.69) is 5.10 Å². The summed E-state index contributed by atoms with van der Waals surface area (Å²) >= 11 is 5.96. The molecule has 0 radical (unpaired) electrons. The largest absolute Gasteiger partial charge is 0.396 e. The normalized spacial score (nSPS) is 11.1. The number of aliphatic hydroxyl groups is 1. The third-order valence-corrected chi connectivity index (χ3v) is 2.55. The van der Waals surface area contributed by atoms with E-state index >= 15 is 0 Å². The summed E-state index contributed by atoms with van der Waals surface area (Å²) in [6, 6.07) is 5.93. The molecule has 2 rings (SSSR count). The van der Waals surface area contributed by atoms with Crippen molar-refractivity contribution in [2.45, 2.75) is 6.42 Å². The predicted molar refractivity (Wildman–Crippen MR) is 56.5 cm³/mol. The Morgan fingerprint density at radius 2 is 2.29 bits per heavy atom. The van der Waals surface area contributed by atoms with E-state index in [1.54, 1.807) is 4.68 Å². The van der Waals surface area contributed by atoms with E-state index in [1.807, 2.05) is 25.2 Å². The average Bonchev–Trinajstić information content (AvgIpc) is 2.43. The number of aromatic nitrogens is 2. The van der Waals surface area contributed by atoms with Crippen LogP contribution in [0.2, 0.25) is 5.15 Å². The molecule has 0 saturated carbocycles. The smallest absolute Gasteiger partial charge is 0.158 e. The molecule has 0 amide bonds. The summed E-state index contributed by atoms with van der Waals surface area (Å²) in [7, 11) is 1.86. The summed E-state index contributed by atoms with van der Waals surface area (Å²) in [5.41, 5.74) is 2.09. The third-order valence-electron chi connectivity index (χ3n) is 2.27. The first-order valence-corrected chi connectivity index (χ1v) is 4.82. The lowest BCUT2D eigenvalue weighted by Crippen LogP contribution is -1.91. The second kappa shape index (κ2) is 3.59. The zero-order chi connectivity index (χ0) is 10.1. The van der Waals surface area contributed by atoms with Crippen LogP contribution in [-0.4, -0.2) is 21.5 Å². The molecule has 0 fully saturated rings. The highest BCUT2D eigenvalue weighted by Gasteiger charge is 2.06. The van der Waals surface area contributed by atoms with E-state index in [0.717, 1.165) is 16.5 Å². The number of halogens is 1. The molecule has 4 heteroatoms. The van der Waals surface area contributed by atoms with Crippen LogP contribution in [0.25, 0.3) is 10.9 Å². The van der Waals surface area contributed by atoms with E-state index < -0.39 is 0 Å². The van der Waals surface area contributed by atoms with Crippen molar-refractivity contribution < 1.29 is 5.11 Å². The molecule has 3 nitrogen and oxygen atoms in total. The van der Waals surface area contributed by atoms with Crippen molar-refractivity contribution in [3.63, 3.8) is 0 Å². The number of hydrogen-bond acceptors (Lipinski definition) is 2. The molecule has 0 spiro atoms. The molecule has 0 saturated heterocycles. The first-order valence-electron chi connectivity index (χ1n) is 4.44. The van der Waals surface area contributed by atoms with Gasteiger partial charge < -0.3 is 5.11 Å². The highest BCUT2D eigenvalue weighted by atomic mass is 35.5. The molecule has 1 aromatic carbocycles. The number of fused-ring (bicyclic) bond motifs is 1. The van der Waals surface area contributed by atoms with Crippen LogP contribution in [-0.2, 0) is 13.5 Å². The van der Waals surface area contributed by atoms with Crippen LogP contribution in [0.3, 0.4) is 0 Å². The molecular formula is C10H11ClN2O. The van der Waals surface area contributed by atoms with E-state index in [1.165, 1.54) is 0 Å².